The average Bonchev–Trinajstić information content (AvgIpc) is 3.05. The number of halogens is 1. The van der Waals surface area contributed by atoms with Crippen molar-refractivity contribution in [3.05, 3.63) is 70.9 Å². The van der Waals surface area contributed by atoms with Crippen LogP contribution in [0.5, 0.6) is 0 Å². The van der Waals surface area contributed by atoms with E-state index in [9.17, 15) is 9.18 Å². The third-order valence-corrected chi connectivity index (χ3v) is 4.55. The largest absolute Gasteiger partial charge is 0.462 e. The van der Waals surface area contributed by atoms with Crippen molar-refractivity contribution >= 4 is 23.1 Å². The zero-order chi connectivity index (χ0) is 17.6. The lowest BCUT2D eigenvalue weighted by atomic mass is 10.2. The summed E-state index contributed by atoms with van der Waals surface area (Å²) < 4.78 is 18.6. The zero-order valence-electron chi connectivity index (χ0n) is 13.7. The SMILES string of the molecule is CCOC(=O)c1sc(-c2cccc(F)c2)nc1NCc1ccccc1. The molecule has 1 N–H and O–H groups in total. The van der Waals surface area contributed by atoms with E-state index in [0.29, 0.717) is 27.8 Å². The van der Waals surface area contributed by atoms with Crippen molar-refractivity contribution in [3.63, 3.8) is 0 Å². The number of hydrogen-bond acceptors (Lipinski definition) is 5. The van der Waals surface area contributed by atoms with Gasteiger partial charge in [0.25, 0.3) is 0 Å². The molecule has 0 aliphatic heterocycles. The van der Waals surface area contributed by atoms with E-state index in [2.05, 4.69) is 10.3 Å². The standard InChI is InChI=1S/C19H17FN2O2S/c1-2-24-19(23)16-17(21-12-13-7-4-3-5-8-13)22-18(25-16)14-9-6-10-15(20)11-14/h3-11,21H,2,12H2,1H3. The Kier molecular flexibility index (Phi) is 5.40. The number of nitrogens with zero attached hydrogens (tertiary/aromatic N) is 1. The van der Waals surface area contributed by atoms with Crippen LogP contribution < -0.4 is 5.32 Å². The van der Waals surface area contributed by atoms with Crippen LogP contribution in [0.15, 0.2) is 54.6 Å². The molecular weight excluding hydrogens is 339 g/mol. The fourth-order valence-corrected chi connectivity index (χ4v) is 3.23. The maximum atomic E-state index is 13.5. The number of esters is 1. The number of aromatic nitrogens is 1. The second-order valence-corrected chi connectivity index (χ2v) is 6.27. The van der Waals surface area contributed by atoms with E-state index in [1.165, 1.54) is 23.5 Å². The molecule has 0 atom stereocenters. The Morgan fingerprint density at radius 2 is 2.00 bits per heavy atom. The molecule has 0 saturated heterocycles. The van der Waals surface area contributed by atoms with Crippen LogP contribution in [-0.2, 0) is 11.3 Å². The number of carbonyl (C=O) groups is 1. The molecule has 0 radical (unpaired) electrons. The first-order chi connectivity index (χ1) is 12.2. The molecule has 0 fully saturated rings. The smallest absolute Gasteiger partial charge is 0.352 e. The van der Waals surface area contributed by atoms with Gasteiger partial charge in [0, 0.05) is 12.1 Å². The first kappa shape index (κ1) is 17.1. The van der Waals surface area contributed by atoms with Gasteiger partial charge in [0.15, 0.2) is 10.7 Å². The molecule has 3 aromatic rings. The molecule has 6 heteroatoms. The minimum Gasteiger partial charge on any atom is -0.462 e. The van der Waals surface area contributed by atoms with Crippen LogP contribution in [0.3, 0.4) is 0 Å². The first-order valence-corrected chi connectivity index (χ1v) is 8.70. The lowest BCUT2D eigenvalue weighted by Gasteiger charge is -2.05. The van der Waals surface area contributed by atoms with Crippen LogP contribution in [0.4, 0.5) is 10.2 Å². The molecule has 0 unspecified atom stereocenters. The second kappa shape index (κ2) is 7.90. The Morgan fingerprint density at radius 3 is 2.72 bits per heavy atom. The maximum absolute atomic E-state index is 13.5. The summed E-state index contributed by atoms with van der Waals surface area (Å²) in [7, 11) is 0. The van der Waals surface area contributed by atoms with Crippen LogP contribution in [0, 0.1) is 5.82 Å². The number of anilines is 1. The van der Waals surface area contributed by atoms with Gasteiger partial charge in [0.2, 0.25) is 0 Å². The average molecular weight is 356 g/mol. The van der Waals surface area contributed by atoms with Gasteiger partial charge in [-0.2, -0.15) is 0 Å². The highest BCUT2D eigenvalue weighted by molar-refractivity contribution is 7.17. The van der Waals surface area contributed by atoms with E-state index < -0.39 is 5.97 Å². The number of benzene rings is 2. The topological polar surface area (TPSA) is 51.2 Å². The molecule has 0 amide bonds. The predicted molar refractivity (Wildman–Crippen MR) is 97.2 cm³/mol. The lowest BCUT2D eigenvalue weighted by Crippen LogP contribution is -2.08. The van der Waals surface area contributed by atoms with Crippen LogP contribution in [0.2, 0.25) is 0 Å². The molecule has 1 heterocycles. The van der Waals surface area contributed by atoms with Gasteiger partial charge < -0.3 is 10.1 Å². The Labute approximate surface area is 149 Å². The van der Waals surface area contributed by atoms with Gasteiger partial charge in [-0.3, -0.25) is 0 Å². The normalized spacial score (nSPS) is 10.5. The van der Waals surface area contributed by atoms with E-state index >= 15 is 0 Å². The van der Waals surface area contributed by atoms with Gasteiger partial charge in [-0.25, -0.2) is 14.2 Å². The highest BCUT2D eigenvalue weighted by Gasteiger charge is 2.20. The first-order valence-electron chi connectivity index (χ1n) is 7.89. The lowest BCUT2D eigenvalue weighted by molar-refractivity contribution is 0.0533. The fourth-order valence-electron chi connectivity index (χ4n) is 2.30. The summed E-state index contributed by atoms with van der Waals surface area (Å²) >= 11 is 1.19. The van der Waals surface area contributed by atoms with E-state index in [0.717, 1.165) is 5.56 Å². The molecular formula is C19H17FN2O2S. The molecule has 0 bridgehead atoms. The Bertz CT molecular complexity index is 865. The second-order valence-electron chi connectivity index (χ2n) is 5.27. The Hall–Kier alpha value is -2.73. The number of ether oxygens (including phenoxy) is 1. The summed E-state index contributed by atoms with van der Waals surface area (Å²) in [6.45, 7) is 2.56. The number of rotatable bonds is 6. The molecule has 0 saturated carbocycles. The fraction of sp³-hybridized carbons (Fsp3) is 0.158. The molecule has 2 aromatic carbocycles. The summed E-state index contributed by atoms with van der Waals surface area (Å²) in [5.41, 5.74) is 1.70. The molecule has 3 rings (SSSR count). The monoisotopic (exact) mass is 356 g/mol. The molecule has 4 nitrogen and oxygen atoms in total. The van der Waals surface area contributed by atoms with E-state index in [4.69, 9.17) is 4.74 Å². The number of hydrogen-bond donors (Lipinski definition) is 1. The summed E-state index contributed by atoms with van der Waals surface area (Å²) in [6, 6.07) is 16.0. The zero-order valence-corrected chi connectivity index (χ0v) is 14.5. The summed E-state index contributed by atoms with van der Waals surface area (Å²) in [4.78, 5) is 17.1. The van der Waals surface area contributed by atoms with E-state index in [-0.39, 0.29) is 12.4 Å². The molecule has 25 heavy (non-hydrogen) atoms. The van der Waals surface area contributed by atoms with Crippen molar-refractivity contribution in [3.8, 4) is 10.6 Å². The predicted octanol–water partition coefficient (Wildman–Crippen LogP) is 4.74. The number of nitrogens with one attached hydrogen (secondary N) is 1. The van der Waals surface area contributed by atoms with Crippen molar-refractivity contribution in [1.29, 1.82) is 0 Å². The van der Waals surface area contributed by atoms with Crippen molar-refractivity contribution in [2.24, 2.45) is 0 Å². The van der Waals surface area contributed by atoms with Gasteiger partial charge in [-0.15, -0.1) is 11.3 Å². The maximum Gasteiger partial charge on any atom is 0.352 e. The van der Waals surface area contributed by atoms with Gasteiger partial charge in [-0.05, 0) is 24.6 Å². The van der Waals surface area contributed by atoms with Crippen LogP contribution in [0.25, 0.3) is 10.6 Å². The highest BCUT2D eigenvalue weighted by Crippen LogP contribution is 2.32. The summed E-state index contributed by atoms with van der Waals surface area (Å²) in [5, 5.41) is 3.75. The summed E-state index contributed by atoms with van der Waals surface area (Å²) in [5.74, 6) is -0.325. The van der Waals surface area contributed by atoms with Gasteiger partial charge in [0.05, 0.1) is 6.61 Å². The third kappa shape index (κ3) is 4.22. The van der Waals surface area contributed by atoms with Crippen molar-refractivity contribution in [2.45, 2.75) is 13.5 Å². The molecule has 128 valence electrons. The molecule has 0 aliphatic carbocycles. The van der Waals surface area contributed by atoms with Gasteiger partial charge in [-0.1, -0.05) is 42.5 Å². The summed E-state index contributed by atoms with van der Waals surface area (Å²) in [6.07, 6.45) is 0. The molecule has 0 aliphatic rings. The van der Waals surface area contributed by atoms with E-state index in [1.807, 2.05) is 30.3 Å². The van der Waals surface area contributed by atoms with Gasteiger partial charge in [0.1, 0.15) is 10.8 Å². The van der Waals surface area contributed by atoms with Crippen LogP contribution in [-0.4, -0.2) is 17.6 Å². The van der Waals surface area contributed by atoms with Crippen LogP contribution >= 0.6 is 11.3 Å². The van der Waals surface area contributed by atoms with Gasteiger partial charge >= 0.3 is 5.97 Å². The number of thiazole rings is 1. The quantitative estimate of drug-likeness (QED) is 0.648. The minimum absolute atomic E-state index is 0.282. The Morgan fingerprint density at radius 1 is 1.20 bits per heavy atom. The van der Waals surface area contributed by atoms with Crippen LogP contribution in [0.1, 0.15) is 22.2 Å². The third-order valence-electron chi connectivity index (χ3n) is 3.46. The van der Waals surface area contributed by atoms with E-state index in [1.54, 1.807) is 19.1 Å². The molecule has 0 spiro atoms. The van der Waals surface area contributed by atoms with Crippen molar-refractivity contribution in [1.82, 2.24) is 4.98 Å². The highest BCUT2D eigenvalue weighted by atomic mass is 32.1. The molecule has 1 aromatic heterocycles. The minimum atomic E-state index is -0.432. The van der Waals surface area contributed by atoms with Crippen molar-refractivity contribution in [2.75, 3.05) is 11.9 Å². The Balaban J connectivity index is 1.90. The number of carbonyl (C=O) groups excluding carboxylic acids is 1. The van der Waals surface area contributed by atoms with Crippen molar-refractivity contribution < 1.29 is 13.9 Å².